The van der Waals surface area contributed by atoms with Crippen molar-refractivity contribution in [2.24, 2.45) is 5.92 Å². The predicted octanol–water partition coefficient (Wildman–Crippen LogP) is 4.19. The van der Waals surface area contributed by atoms with Crippen molar-refractivity contribution in [3.05, 3.63) is 40.4 Å². The van der Waals surface area contributed by atoms with Gasteiger partial charge in [0.05, 0.1) is 0 Å². The van der Waals surface area contributed by atoms with Crippen LogP contribution in [0.1, 0.15) is 44.1 Å². The minimum atomic E-state index is -0.481. The molecule has 1 aliphatic heterocycles. The molecule has 1 saturated carbocycles. The standard InChI is InChI=1S/C20H24BrNO3/c21-17-8-3-5-15(13-17)10-11-20(24)25-14-19(23)22-12-4-7-16-6-1-2-9-18(16)22/h3,5,8,10-11,13,16,18H,1-2,4,6-7,9,12,14H2/b11-10+/t16-,18-/m0/s1. The maximum atomic E-state index is 12.5. The third-order valence-corrected chi connectivity index (χ3v) is 5.66. The fourth-order valence-corrected chi connectivity index (χ4v) is 4.39. The highest BCUT2D eigenvalue weighted by molar-refractivity contribution is 9.10. The van der Waals surface area contributed by atoms with E-state index in [1.807, 2.05) is 29.2 Å². The number of nitrogens with zero attached hydrogens (tertiary/aromatic N) is 1. The summed E-state index contributed by atoms with van der Waals surface area (Å²) in [6.07, 6.45) is 10.1. The minimum Gasteiger partial charge on any atom is -0.452 e. The fraction of sp³-hybridized carbons (Fsp3) is 0.500. The Morgan fingerprint density at radius 1 is 1.20 bits per heavy atom. The smallest absolute Gasteiger partial charge is 0.331 e. The zero-order valence-electron chi connectivity index (χ0n) is 14.3. The number of esters is 1. The van der Waals surface area contributed by atoms with Gasteiger partial charge in [0, 0.05) is 23.1 Å². The lowest BCUT2D eigenvalue weighted by molar-refractivity contribution is -0.151. The summed E-state index contributed by atoms with van der Waals surface area (Å²) < 4.78 is 6.11. The number of carbonyl (C=O) groups is 2. The van der Waals surface area contributed by atoms with E-state index in [4.69, 9.17) is 4.74 Å². The summed E-state index contributed by atoms with van der Waals surface area (Å²) in [6, 6.07) is 7.98. The second kappa shape index (κ2) is 8.65. The molecule has 1 aliphatic carbocycles. The van der Waals surface area contributed by atoms with Crippen LogP contribution in [0.15, 0.2) is 34.8 Å². The SMILES string of the molecule is O=C(/C=C/c1cccc(Br)c1)OCC(=O)N1CCC[C@@H]2CCCC[C@@H]21. The largest absolute Gasteiger partial charge is 0.452 e. The number of benzene rings is 1. The molecule has 25 heavy (non-hydrogen) atoms. The number of fused-ring (bicyclic) bond motifs is 1. The van der Waals surface area contributed by atoms with Crippen LogP contribution in [0.2, 0.25) is 0 Å². The Bertz CT molecular complexity index is 656. The van der Waals surface area contributed by atoms with Crippen molar-refractivity contribution in [3.8, 4) is 0 Å². The van der Waals surface area contributed by atoms with Gasteiger partial charge in [0.1, 0.15) is 0 Å². The highest BCUT2D eigenvalue weighted by atomic mass is 79.9. The van der Waals surface area contributed by atoms with Crippen molar-refractivity contribution in [1.29, 1.82) is 0 Å². The molecule has 0 radical (unpaired) electrons. The molecule has 0 spiro atoms. The van der Waals surface area contributed by atoms with Crippen molar-refractivity contribution in [1.82, 2.24) is 4.90 Å². The lowest BCUT2D eigenvalue weighted by Crippen LogP contribution is -2.50. The van der Waals surface area contributed by atoms with Gasteiger partial charge in [-0.15, -0.1) is 0 Å². The Hall–Kier alpha value is -1.62. The number of hydrogen-bond donors (Lipinski definition) is 0. The Morgan fingerprint density at radius 2 is 2.00 bits per heavy atom. The maximum absolute atomic E-state index is 12.5. The molecule has 0 bridgehead atoms. The van der Waals surface area contributed by atoms with E-state index in [0.29, 0.717) is 12.0 Å². The van der Waals surface area contributed by atoms with Gasteiger partial charge in [0.25, 0.3) is 5.91 Å². The van der Waals surface area contributed by atoms with E-state index in [2.05, 4.69) is 15.9 Å². The molecular weight excluding hydrogens is 382 g/mol. The van der Waals surface area contributed by atoms with Crippen LogP contribution in [0.4, 0.5) is 0 Å². The molecule has 134 valence electrons. The number of ether oxygens (including phenoxy) is 1. The van der Waals surface area contributed by atoms with Crippen molar-refractivity contribution in [2.75, 3.05) is 13.2 Å². The highest BCUT2D eigenvalue weighted by Gasteiger charge is 2.35. The zero-order chi connectivity index (χ0) is 17.6. The summed E-state index contributed by atoms with van der Waals surface area (Å²) in [6.45, 7) is 0.635. The van der Waals surface area contributed by atoms with Crippen LogP contribution in [-0.2, 0) is 14.3 Å². The van der Waals surface area contributed by atoms with Gasteiger partial charge in [0.2, 0.25) is 0 Å². The summed E-state index contributed by atoms with van der Waals surface area (Å²) >= 11 is 3.39. The van der Waals surface area contributed by atoms with E-state index in [9.17, 15) is 9.59 Å². The molecule has 2 aliphatic rings. The van der Waals surface area contributed by atoms with E-state index < -0.39 is 5.97 Å². The fourth-order valence-electron chi connectivity index (χ4n) is 3.97. The number of likely N-dealkylation sites (tertiary alicyclic amines) is 1. The molecule has 1 heterocycles. The molecule has 1 amide bonds. The summed E-state index contributed by atoms with van der Waals surface area (Å²) in [5.41, 5.74) is 0.902. The van der Waals surface area contributed by atoms with Gasteiger partial charge in [-0.25, -0.2) is 4.79 Å². The van der Waals surface area contributed by atoms with Gasteiger partial charge < -0.3 is 9.64 Å². The average molecular weight is 406 g/mol. The molecule has 0 unspecified atom stereocenters. The number of amides is 1. The lowest BCUT2D eigenvalue weighted by Gasteiger charge is -2.44. The van der Waals surface area contributed by atoms with Crippen LogP contribution in [0.5, 0.6) is 0 Å². The van der Waals surface area contributed by atoms with Crippen molar-refractivity contribution >= 4 is 33.9 Å². The Labute approximate surface area is 157 Å². The van der Waals surface area contributed by atoms with Gasteiger partial charge in [-0.2, -0.15) is 0 Å². The first-order valence-corrected chi connectivity index (χ1v) is 9.82. The molecule has 0 aromatic heterocycles. The summed E-state index contributed by atoms with van der Waals surface area (Å²) in [7, 11) is 0. The Balaban J connectivity index is 1.50. The molecule has 0 N–H and O–H groups in total. The van der Waals surface area contributed by atoms with E-state index in [0.717, 1.165) is 29.4 Å². The minimum absolute atomic E-state index is 0.0548. The van der Waals surface area contributed by atoms with E-state index in [-0.39, 0.29) is 12.5 Å². The summed E-state index contributed by atoms with van der Waals surface area (Å²) in [4.78, 5) is 26.3. The number of hydrogen-bond acceptors (Lipinski definition) is 3. The topological polar surface area (TPSA) is 46.6 Å². The number of rotatable bonds is 4. The van der Waals surface area contributed by atoms with Gasteiger partial charge in [-0.1, -0.05) is 40.9 Å². The molecule has 1 saturated heterocycles. The third kappa shape index (κ3) is 4.94. The third-order valence-electron chi connectivity index (χ3n) is 5.16. The van der Waals surface area contributed by atoms with Gasteiger partial charge in [0.15, 0.2) is 6.61 Å². The Kier molecular flexibility index (Phi) is 6.29. The zero-order valence-corrected chi connectivity index (χ0v) is 15.9. The molecule has 1 aromatic carbocycles. The molecule has 1 aromatic rings. The number of piperidine rings is 1. The molecule has 4 nitrogen and oxygen atoms in total. The predicted molar refractivity (Wildman–Crippen MR) is 101 cm³/mol. The molecular formula is C20H24BrNO3. The van der Waals surface area contributed by atoms with Crippen LogP contribution in [0, 0.1) is 5.92 Å². The lowest BCUT2D eigenvalue weighted by atomic mass is 9.78. The quantitative estimate of drug-likeness (QED) is 0.557. The van der Waals surface area contributed by atoms with Crippen LogP contribution >= 0.6 is 15.9 Å². The van der Waals surface area contributed by atoms with Crippen LogP contribution < -0.4 is 0 Å². The van der Waals surface area contributed by atoms with E-state index >= 15 is 0 Å². The van der Waals surface area contributed by atoms with Gasteiger partial charge in [-0.3, -0.25) is 4.79 Å². The highest BCUT2D eigenvalue weighted by Crippen LogP contribution is 2.35. The molecule has 2 atom stereocenters. The normalized spacial score (nSPS) is 23.3. The monoisotopic (exact) mass is 405 g/mol. The van der Waals surface area contributed by atoms with Crippen molar-refractivity contribution in [2.45, 2.75) is 44.6 Å². The van der Waals surface area contributed by atoms with Crippen LogP contribution in [-0.4, -0.2) is 36.0 Å². The second-order valence-corrected chi connectivity index (χ2v) is 7.75. The first-order valence-electron chi connectivity index (χ1n) is 9.03. The van der Waals surface area contributed by atoms with Crippen LogP contribution in [0.25, 0.3) is 6.08 Å². The van der Waals surface area contributed by atoms with E-state index in [1.165, 1.54) is 31.8 Å². The molecule has 5 heteroatoms. The van der Waals surface area contributed by atoms with Crippen LogP contribution in [0.3, 0.4) is 0 Å². The van der Waals surface area contributed by atoms with Gasteiger partial charge >= 0.3 is 5.97 Å². The molecule has 2 fully saturated rings. The molecule has 3 rings (SSSR count). The summed E-state index contributed by atoms with van der Waals surface area (Å²) in [5.74, 6) is 0.102. The first kappa shape index (κ1) is 18.2. The first-order chi connectivity index (χ1) is 12.1. The van der Waals surface area contributed by atoms with E-state index in [1.54, 1.807) is 6.08 Å². The van der Waals surface area contributed by atoms with Crippen molar-refractivity contribution < 1.29 is 14.3 Å². The maximum Gasteiger partial charge on any atom is 0.331 e. The summed E-state index contributed by atoms with van der Waals surface area (Å²) in [5, 5.41) is 0. The number of halogens is 1. The van der Waals surface area contributed by atoms with Crippen molar-refractivity contribution in [3.63, 3.8) is 0 Å². The number of carbonyl (C=O) groups excluding carboxylic acids is 2. The Morgan fingerprint density at radius 3 is 2.84 bits per heavy atom. The van der Waals surface area contributed by atoms with Gasteiger partial charge in [-0.05, 0) is 55.4 Å². The second-order valence-electron chi connectivity index (χ2n) is 6.84. The average Bonchev–Trinajstić information content (AvgIpc) is 2.64.